The number of hydrogen-bond donors (Lipinski definition) is 1. The first-order chi connectivity index (χ1) is 7.51. The molecule has 0 aliphatic heterocycles. The van der Waals surface area contributed by atoms with Gasteiger partial charge in [-0.25, -0.2) is 8.42 Å². The number of halogens is 1. The fourth-order valence-electron chi connectivity index (χ4n) is 1.67. The van der Waals surface area contributed by atoms with Crippen molar-refractivity contribution < 1.29 is 13.2 Å². The van der Waals surface area contributed by atoms with Crippen molar-refractivity contribution in [3.05, 3.63) is 30.0 Å². The van der Waals surface area contributed by atoms with Crippen LogP contribution in [0.2, 0.25) is 0 Å². The number of benzene rings is 1. The average Bonchev–Trinajstić information content (AvgIpc) is 2.65. The normalized spacial score (nSPS) is 11.9. The molecule has 0 saturated heterocycles. The van der Waals surface area contributed by atoms with Crippen molar-refractivity contribution in [2.45, 2.75) is 5.75 Å². The topological polar surface area (TPSA) is 59.2 Å². The highest BCUT2D eigenvalue weighted by Gasteiger charge is 2.13. The third-order valence-corrected chi connectivity index (χ3v) is 3.31. The predicted octanol–water partition coefficient (Wildman–Crippen LogP) is 2.25. The summed E-state index contributed by atoms with van der Waals surface area (Å²) in [4.78, 5) is 3.00. The van der Waals surface area contributed by atoms with E-state index in [1.54, 1.807) is 31.5 Å². The fraction of sp³-hybridized carbons (Fsp3) is 0.200. The summed E-state index contributed by atoms with van der Waals surface area (Å²) in [7, 11) is 3.25. The summed E-state index contributed by atoms with van der Waals surface area (Å²) in [5.41, 5.74) is 1.44. The van der Waals surface area contributed by atoms with Gasteiger partial charge in [0.15, 0.2) is 0 Å². The molecule has 0 atom stereocenters. The van der Waals surface area contributed by atoms with Crippen molar-refractivity contribution in [2.75, 3.05) is 7.11 Å². The van der Waals surface area contributed by atoms with Gasteiger partial charge in [-0.05, 0) is 17.7 Å². The highest BCUT2D eigenvalue weighted by Crippen LogP contribution is 2.28. The molecule has 1 aromatic carbocycles. The smallest absolute Gasteiger partial charge is 0.236 e. The molecule has 0 saturated carbocycles. The second-order valence-corrected chi connectivity index (χ2v) is 6.15. The van der Waals surface area contributed by atoms with Crippen LogP contribution in [0.3, 0.4) is 0 Å². The van der Waals surface area contributed by atoms with Crippen LogP contribution in [0.4, 0.5) is 0 Å². The molecule has 0 radical (unpaired) electrons. The predicted molar refractivity (Wildman–Crippen MR) is 63.3 cm³/mol. The number of rotatable bonds is 3. The largest absolute Gasteiger partial charge is 0.495 e. The number of nitrogens with one attached hydrogen (secondary N) is 1. The van der Waals surface area contributed by atoms with Crippen molar-refractivity contribution >= 4 is 30.6 Å². The van der Waals surface area contributed by atoms with Crippen LogP contribution in [-0.4, -0.2) is 20.5 Å². The standard InChI is InChI=1S/C10H10ClNO3S/c1-15-9-3-2-7(6-16(11,13)14)8-4-5-12-10(8)9/h2-5,12H,6H2,1H3. The Hall–Kier alpha value is -1.20. The summed E-state index contributed by atoms with van der Waals surface area (Å²) in [6.07, 6.45) is 1.73. The third-order valence-electron chi connectivity index (χ3n) is 2.32. The molecular formula is C10H10ClNO3S. The van der Waals surface area contributed by atoms with Crippen LogP contribution in [0.1, 0.15) is 5.56 Å². The maximum absolute atomic E-state index is 11.0. The highest BCUT2D eigenvalue weighted by atomic mass is 35.7. The van der Waals surface area contributed by atoms with Gasteiger partial charge in [0.25, 0.3) is 0 Å². The summed E-state index contributed by atoms with van der Waals surface area (Å²) in [6.45, 7) is 0. The van der Waals surface area contributed by atoms with Crippen LogP contribution >= 0.6 is 10.7 Å². The van der Waals surface area contributed by atoms with E-state index >= 15 is 0 Å². The zero-order chi connectivity index (χ0) is 11.8. The van der Waals surface area contributed by atoms with Crippen LogP contribution in [0, 0.1) is 0 Å². The van der Waals surface area contributed by atoms with Gasteiger partial charge in [0.05, 0.1) is 18.4 Å². The molecule has 16 heavy (non-hydrogen) atoms. The molecule has 0 fully saturated rings. The van der Waals surface area contributed by atoms with E-state index < -0.39 is 9.05 Å². The zero-order valence-corrected chi connectivity index (χ0v) is 10.1. The van der Waals surface area contributed by atoms with Crippen molar-refractivity contribution in [1.82, 2.24) is 4.98 Å². The first kappa shape index (κ1) is 11.3. The summed E-state index contributed by atoms with van der Waals surface area (Å²) in [5.74, 6) is 0.489. The number of hydrogen-bond acceptors (Lipinski definition) is 3. The minimum atomic E-state index is -3.55. The minimum Gasteiger partial charge on any atom is -0.495 e. The highest BCUT2D eigenvalue weighted by molar-refractivity contribution is 8.13. The average molecular weight is 260 g/mol. The number of H-pyrrole nitrogens is 1. The summed E-state index contributed by atoms with van der Waals surface area (Å²) in [6, 6.07) is 5.22. The fourth-order valence-corrected chi connectivity index (χ4v) is 2.65. The number of ether oxygens (including phenoxy) is 1. The summed E-state index contributed by atoms with van der Waals surface area (Å²) < 4.78 is 27.2. The van der Waals surface area contributed by atoms with E-state index in [0.29, 0.717) is 11.3 Å². The lowest BCUT2D eigenvalue weighted by Gasteiger charge is -2.05. The Balaban J connectivity index is 2.60. The Bertz CT molecular complexity index is 618. The van der Waals surface area contributed by atoms with Crippen LogP contribution in [-0.2, 0) is 14.8 Å². The van der Waals surface area contributed by atoms with Crippen LogP contribution in [0.5, 0.6) is 5.75 Å². The van der Waals surface area contributed by atoms with Gasteiger partial charge in [-0.15, -0.1) is 0 Å². The first-order valence-corrected chi connectivity index (χ1v) is 7.04. The van der Waals surface area contributed by atoms with Gasteiger partial charge in [-0.1, -0.05) is 6.07 Å². The third kappa shape index (κ3) is 2.15. The number of aromatic amines is 1. The first-order valence-electron chi connectivity index (χ1n) is 4.56. The molecule has 2 rings (SSSR count). The van der Waals surface area contributed by atoms with Gasteiger partial charge in [0.1, 0.15) is 5.75 Å². The lowest BCUT2D eigenvalue weighted by atomic mass is 10.1. The Morgan fingerprint density at radius 3 is 2.75 bits per heavy atom. The second kappa shape index (κ2) is 3.99. The zero-order valence-electron chi connectivity index (χ0n) is 8.53. The number of methoxy groups -OCH3 is 1. The Labute approximate surface area is 97.6 Å². The van der Waals surface area contributed by atoms with E-state index in [1.165, 1.54) is 0 Å². The molecule has 1 heterocycles. The van der Waals surface area contributed by atoms with Gasteiger partial charge in [0.2, 0.25) is 9.05 Å². The molecule has 6 heteroatoms. The summed E-state index contributed by atoms with van der Waals surface area (Å²) >= 11 is 0. The van der Waals surface area contributed by atoms with E-state index in [2.05, 4.69) is 4.98 Å². The van der Waals surface area contributed by atoms with Crippen molar-refractivity contribution in [2.24, 2.45) is 0 Å². The molecule has 0 aliphatic carbocycles. The second-order valence-electron chi connectivity index (χ2n) is 3.38. The molecule has 86 valence electrons. The lowest BCUT2D eigenvalue weighted by Crippen LogP contribution is -1.96. The molecule has 0 amide bonds. The quantitative estimate of drug-likeness (QED) is 0.860. The van der Waals surface area contributed by atoms with Gasteiger partial charge in [-0.3, -0.25) is 0 Å². The summed E-state index contributed by atoms with van der Waals surface area (Å²) in [5, 5.41) is 0.809. The van der Waals surface area contributed by atoms with E-state index in [-0.39, 0.29) is 5.75 Å². The van der Waals surface area contributed by atoms with Gasteiger partial charge in [-0.2, -0.15) is 0 Å². The van der Waals surface area contributed by atoms with E-state index in [4.69, 9.17) is 15.4 Å². The van der Waals surface area contributed by atoms with Gasteiger partial charge in [0, 0.05) is 22.3 Å². The maximum Gasteiger partial charge on any atom is 0.236 e. The van der Waals surface area contributed by atoms with Crippen molar-refractivity contribution in [3.63, 3.8) is 0 Å². The lowest BCUT2D eigenvalue weighted by molar-refractivity contribution is 0.419. The SMILES string of the molecule is COc1ccc(CS(=O)(=O)Cl)c2cc[nH]c12. The molecule has 0 bridgehead atoms. The van der Waals surface area contributed by atoms with Crippen LogP contribution < -0.4 is 4.74 Å². The van der Waals surface area contributed by atoms with E-state index in [9.17, 15) is 8.42 Å². The Morgan fingerprint density at radius 2 is 2.12 bits per heavy atom. The Morgan fingerprint density at radius 1 is 1.38 bits per heavy atom. The van der Waals surface area contributed by atoms with E-state index in [0.717, 1.165) is 10.9 Å². The van der Waals surface area contributed by atoms with E-state index in [1.807, 2.05) is 0 Å². The molecule has 0 aliphatic rings. The maximum atomic E-state index is 11.0. The van der Waals surface area contributed by atoms with Crippen LogP contribution in [0.15, 0.2) is 24.4 Å². The van der Waals surface area contributed by atoms with Crippen LogP contribution in [0.25, 0.3) is 10.9 Å². The molecule has 1 aromatic heterocycles. The minimum absolute atomic E-state index is 0.188. The molecule has 2 aromatic rings. The van der Waals surface area contributed by atoms with Crippen molar-refractivity contribution in [3.8, 4) is 5.75 Å². The monoisotopic (exact) mass is 259 g/mol. The number of aromatic nitrogens is 1. The van der Waals surface area contributed by atoms with Gasteiger partial charge >= 0.3 is 0 Å². The molecule has 4 nitrogen and oxygen atoms in total. The molecule has 0 spiro atoms. The van der Waals surface area contributed by atoms with Gasteiger partial charge < -0.3 is 9.72 Å². The molecular weight excluding hydrogens is 250 g/mol. The van der Waals surface area contributed by atoms with Crippen molar-refractivity contribution in [1.29, 1.82) is 0 Å². The Kier molecular flexibility index (Phi) is 2.82. The molecule has 1 N–H and O–H groups in total. The molecule has 0 unspecified atom stereocenters. The number of fused-ring (bicyclic) bond motifs is 1.